The topological polar surface area (TPSA) is 108 Å². The van der Waals surface area contributed by atoms with E-state index in [1.54, 1.807) is 42.1 Å². The van der Waals surface area contributed by atoms with Gasteiger partial charge in [0.25, 0.3) is 11.8 Å². The molecule has 1 atom stereocenters. The number of fused-ring (bicyclic) bond motifs is 1. The van der Waals surface area contributed by atoms with Crippen LogP contribution in [-0.4, -0.2) is 42.4 Å². The molecule has 0 fully saturated rings. The molecule has 0 spiro atoms. The minimum Gasteiger partial charge on any atom is -0.454 e. The third kappa shape index (κ3) is 6.11. The summed E-state index contributed by atoms with van der Waals surface area (Å²) in [6.45, 7) is -0.483. The van der Waals surface area contributed by atoms with Gasteiger partial charge in [0, 0.05) is 10.4 Å². The number of anilines is 1. The number of thiophene rings is 1. The van der Waals surface area contributed by atoms with Crippen LogP contribution in [0.5, 0.6) is 0 Å². The molecule has 0 unspecified atom stereocenters. The molecular weight excluding hydrogens is 446 g/mol. The normalized spacial score (nSPS) is 13.4. The van der Waals surface area contributed by atoms with Gasteiger partial charge in [-0.1, -0.05) is 18.2 Å². The summed E-state index contributed by atoms with van der Waals surface area (Å²) in [5.41, 5.74) is 1.98. The lowest BCUT2D eigenvalue weighted by molar-refractivity contribution is -0.149. The van der Waals surface area contributed by atoms with Crippen molar-refractivity contribution >= 4 is 45.9 Å². The number of aryl methyl sites for hydroxylation is 1. The number of nitrogens with zero attached hydrogens (tertiary/aromatic N) is 1. The van der Waals surface area contributed by atoms with Gasteiger partial charge >= 0.3 is 5.97 Å². The van der Waals surface area contributed by atoms with Gasteiger partial charge in [-0.3, -0.25) is 9.59 Å². The molecule has 2 amide bonds. The van der Waals surface area contributed by atoms with Crippen LogP contribution in [0.1, 0.15) is 45.6 Å². The molecule has 2 aromatic rings. The Morgan fingerprint density at radius 1 is 1.22 bits per heavy atom. The molecule has 2 N–H and O–H groups in total. The number of esters is 1. The molecule has 1 aliphatic rings. The van der Waals surface area contributed by atoms with Gasteiger partial charge in [-0.05, 0) is 61.8 Å². The number of benzene rings is 1. The zero-order valence-corrected chi connectivity index (χ0v) is 19.4. The van der Waals surface area contributed by atoms with E-state index in [1.165, 1.54) is 11.3 Å². The molecule has 0 radical (unpaired) electrons. The smallest absolute Gasteiger partial charge is 0.329 e. The number of carbonyl (C=O) groups is 3. The van der Waals surface area contributed by atoms with Crippen LogP contribution in [0.2, 0.25) is 0 Å². The van der Waals surface area contributed by atoms with Crippen LogP contribution >= 0.6 is 23.1 Å². The number of carbonyl (C=O) groups excluding carboxylic acids is 3. The number of hydrogen-bond donors (Lipinski definition) is 2. The molecule has 0 saturated heterocycles. The Morgan fingerprint density at radius 2 is 1.97 bits per heavy atom. The first kappa shape index (κ1) is 23.8. The number of rotatable bonds is 9. The minimum absolute atomic E-state index is 0.374. The van der Waals surface area contributed by atoms with Gasteiger partial charge in [-0.15, -0.1) is 11.3 Å². The van der Waals surface area contributed by atoms with E-state index < -0.39 is 24.5 Å². The highest BCUT2D eigenvalue weighted by atomic mass is 32.2. The highest BCUT2D eigenvalue weighted by Crippen LogP contribution is 2.37. The van der Waals surface area contributed by atoms with Crippen molar-refractivity contribution < 1.29 is 19.1 Å². The second-order valence-electron chi connectivity index (χ2n) is 7.36. The zero-order valence-electron chi connectivity index (χ0n) is 17.8. The molecule has 0 saturated carbocycles. The first-order valence-corrected chi connectivity index (χ1v) is 12.6. The summed E-state index contributed by atoms with van der Waals surface area (Å²) in [7, 11) is 0. The van der Waals surface area contributed by atoms with Crippen LogP contribution in [0.25, 0.3) is 0 Å². The van der Waals surface area contributed by atoms with Crippen molar-refractivity contribution in [3.05, 3.63) is 51.9 Å². The van der Waals surface area contributed by atoms with E-state index >= 15 is 0 Å². The van der Waals surface area contributed by atoms with Gasteiger partial charge in [-0.2, -0.15) is 17.0 Å². The second kappa shape index (κ2) is 11.7. The molecule has 7 nitrogen and oxygen atoms in total. The van der Waals surface area contributed by atoms with E-state index in [4.69, 9.17) is 4.74 Å². The average molecular weight is 472 g/mol. The Labute approximate surface area is 195 Å². The van der Waals surface area contributed by atoms with E-state index in [2.05, 4.69) is 16.7 Å². The fraction of sp³-hybridized carbons (Fsp3) is 0.391. The number of nitrogens with one attached hydrogen (secondary N) is 2. The molecule has 1 aromatic carbocycles. The molecule has 3 rings (SSSR count). The van der Waals surface area contributed by atoms with Crippen molar-refractivity contribution in [2.45, 2.75) is 38.1 Å². The summed E-state index contributed by atoms with van der Waals surface area (Å²) >= 11 is 2.96. The highest BCUT2D eigenvalue weighted by Gasteiger charge is 2.25. The van der Waals surface area contributed by atoms with E-state index in [9.17, 15) is 19.6 Å². The molecule has 1 aliphatic carbocycles. The maximum absolute atomic E-state index is 12.6. The maximum Gasteiger partial charge on any atom is 0.329 e. The fourth-order valence-corrected chi connectivity index (χ4v) is 5.22. The number of nitriles is 1. The molecule has 9 heteroatoms. The van der Waals surface area contributed by atoms with Crippen molar-refractivity contribution in [1.29, 1.82) is 5.26 Å². The van der Waals surface area contributed by atoms with E-state index in [-0.39, 0.29) is 5.91 Å². The largest absolute Gasteiger partial charge is 0.454 e. The Kier molecular flexibility index (Phi) is 8.71. The highest BCUT2D eigenvalue weighted by molar-refractivity contribution is 7.98. The van der Waals surface area contributed by atoms with Crippen LogP contribution < -0.4 is 10.6 Å². The SMILES string of the molecule is CSCC[C@H](NC(=O)c1ccccc1)C(=O)OCC(=O)Nc1sc2c(c1C#N)CCCC2. The predicted octanol–water partition coefficient (Wildman–Crippen LogP) is 3.53. The Morgan fingerprint density at radius 3 is 2.69 bits per heavy atom. The van der Waals surface area contributed by atoms with Crippen LogP contribution in [0.3, 0.4) is 0 Å². The van der Waals surface area contributed by atoms with Gasteiger partial charge < -0.3 is 15.4 Å². The fourth-order valence-electron chi connectivity index (χ4n) is 3.49. The van der Waals surface area contributed by atoms with Gasteiger partial charge in [-0.25, -0.2) is 4.79 Å². The standard InChI is InChI=1S/C23H25N3O4S2/c1-31-12-11-18(25-21(28)15-7-3-2-4-8-15)23(29)30-14-20(27)26-22-17(13-24)16-9-5-6-10-19(16)32-22/h2-4,7-8,18H,5-6,9-12,14H2,1H3,(H,25,28)(H,26,27)/t18-/m0/s1. The van der Waals surface area contributed by atoms with Gasteiger partial charge in [0.05, 0.1) is 5.56 Å². The molecule has 0 bridgehead atoms. The van der Waals surface area contributed by atoms with Crippen LogP contribution in [0, 0.1) is 11.3 Å². The van der Waals surface area contributed by atoms with Gasteiger partial charge in [0.15, 0.2) is 6.61 Å². The average Bonchev–Trinajstić information content (AvgIpc) is 3.17. The number of amides is 2. The van der Waals surface area contributed by atoms with Crippen LogP contribution in [0.15, 0.2) is 30.3 Å². The third-order valence-corrected chi connectivity index (χ3v) is 6.97. The van der Waals surface area contributed by atoms with Crippen molar-refractivity contribution in [3.63, 3.8) is 0 Å². The van der Waals surface area contributed by atoms with Crippen LogP contribution in [-0.2, 0) is 27.2 Å². The summed E-state index contributed by atoms with van der Waals surface area (Å²) in [5, 5.41) is 15.4. The van der Waals surface area contributed by atoms with Crippen molar-refractivity contribution in [2.75, 3.05) is 23.9 Å². The summed E-state index contributed by atoms with van der Waals surface area (Å²) in [4.78, 5) is 38.5. The second-order valence-corrected chi connectivity index (χ2v) is 9.45. The summed E-state index contributed by atoms with van der Waals surface area (Å²) in [6, 6.07) is 9.94. The number of hydrogen-bond acceptors (Lipinski definition) is 7. The van der Waals surface area contributed by atoms with E-state index in [0.29, 0.717) is 28.3 Å². The van der Waals surface area contributed by atoms with Gasteiger partial charge in [0.1, 0.15) is 17.1 Å². The molecular formula is C23H25N3O4S2. The maximum atomic E-state index is 12.6. The first-order valence-electron chi connectivity index (χ1n) is 10.4. The van der Waals surface area contributed by atoms with E-state index in [1.807, 2.05) is 6.26 Å². The number of ether oxygens (including phenoxy) is 1. The van der Waals surface area contributed by atoms with Crippen molar-refractivity contribution in [1.82, 2.24) is 5.32 Å². The molecule has 32 heavy (non-hydrogen) atoms. The Hall–Kier alpha value is -2.83. The van der Waals surface area contributed by atoms with E-state index in [0.717, 1.165) is 36.1 Å². The monoisotopic (exact) mass is 471 g/mol. The lowest BCUT2D eigenvalue weighted by Gasteiger charge is -2.17. The zero-order chi connectivity index (χ0) is 22.9. The van der Waals surface area contributed by atoms with Crippen molar-refractivity contribution in [3.8, 4) is 6.07 Å². The van der Waals surface area contributed by atoms with Crippen molar-refractivity contribution in [2.24, 2.45) is 0 Å². The predicted molar refractivity (Wildman–Crippen MR) is 126 cm³/mol. The lowest BCUT2D eigenvalue weighted by Crippen LogP contribution is -2.43. The summed E-state index contributed by atoms with van der Waals surface area (Å²) < 4.78 is 5.19. The molecule has 0 aliphatic heterocycles. The van der Waals surface area contributed by atoms with Gasteiger partial charge in [0.2, 0.25) is 0 Å². The quantitative estimate of drug-likeness (QED) is 0.542. The lowest BCUT2D eigenvalue weighted by atomic mass is 9.96. The number of thioether (sulfide) groups is 1. The molecule has 1 heterocycles. The summed E-state index contributed by atoms with van der Waals surface area (Å²) in [6.07, 6.45) is 6.17. The Balaban J connectivity index is 1.58. The molecule has 1 aromatic heterocycles. The third-order valence-electron chi connectivity index (χ3n) is 5.12. The first-order chi connectivity index (χ1) is 15.5. The molecule has 168 valence electrons. The summed E-state index contributed by atoms with van der Waals surface area (Å²) in [5.74, 6) is -0.898. The Bertz CT molecular complexity index is 1010. The minimum atomic E-state index is -0.855. The van der Waals surface area contributed by atoms with Crippen LogP contribution in [0.4, 0.5) is 5.00 Å².